The zero-order chi connectivity index (χ0) is 17.5. The van der Waals surface area contributed by atoms with Crippen molar-refractivity contribution >= 4 is 11.6 Å². The third-order valence-electron chi connectivity index (χ3n) is 4.58. The minimum absolute atomic E-state index is 0.0602. The van der Waals surface area contributed by atoms with E-state index in [2.05, 4.69) is 45.4 Å². The van der Waals surface area contributed by atoms with E-state index in [-0.39, 0.29) is 5.91 Å². The maximum absolute atomic E-state index is 12.1. The van der Waals surface area contributed by atoms with Gasteiger partial charge in [0, 0.05) is 57.1 Å². The second-order valence-corrected chi connectivity index (χ2v) is 6.48. The molecule has 0 aliphatic carbocycles. The van der Waals surface area contributed by atoms with E-state index in [9.17, 15) is 4.79 Å². The Labute approximate surface area is 149 Å². The summed E-state index contributed by atoms with van der Waals surface area (Å²) in [4.78, 5) is 17.0. The highest BCUT2D eigenvalue weighted by atomic mass is 16.1. The highest BCUT2D eigenvalue weighted by Gasteiger charge is 2.16. The smallest absolute Gasteiger partial charge is 0.251 e. The summed E-state index contributed by atoms with van der Waals surface area (Å²) in [7, 11) is 0. The molecule has 0 spiro atoms. The van der Waals surface area contributed by atoms with Crippen molar-refractivity contribution < 1.29 is 4.79 Å². The molecule has 1 aliphatic heterocycles. The zero-order valence-corrected chi connectivity index (χ0v) is 14.5. The van der Waals surface area contributed by atoms with Crippen LogP contribution in [0.5, 0.6) is 0 Å². The molecule has 0 bridgehead atoms. The Morgan fingerprint density at radius 3 is 2.40 bits per heavy atom. The maximum atomic E-state index is 12.1. The first-order valence-electron chi connectivity index (χ1n) is 8.83. The van der Waals surface area contributed by atoms with E-state index >= 15 is 0 Å². The molecule has 1 amide bonds. The van der Waals surface area contributed by atoms with Gasteiger partial charge in [0.25, 0.3) is 5.91 Å². The van der Waals surface area contributed by atoms with Crippen molar-refractivity contribution in [3.05, 3.63) is 65.7 Å². The Morgan fingerprint density at radius 1 is 0.960 bits per heavy atom. The summed E-state index contributed by atoms with van der Waals surface area (Å²) in [6.07, 6.45) is 0. The first kappa shape index (κ1) is 17.5. The van der Waals surface area contributed by atoms with Gasteiger partial charge in [-0.25, -0.2) is 0 Å². The molecule has 5 nitrogen and oxygen atoms in total. The van der Waals surface area contributed by atoms with E-state index in [1.807, 2.05) is 0 Å². The first-order chi connectivity index (χ1) is 12.2. The molecule has 1 saturated heterocycles. The number of carbonyl (C=O) groups is 1. The molecule has 132 valence electrons. The van der Waals surface area contributed by atoms with Crippen LogP contribution in [0.25, 0.3) is 0 Å². The van der Waals surface area contributed by atoms with Crippen LogP contribution in [0.4, 0.5) is 5.69 Å². The number of hydrogen-bond donors (Lipinski definition) is 2. The van der Waals surface area contributed by atoms with Gasteiger partial charge in [-0.3, -0.25) is 14.6 Å². The van der Waals surface area contributed by atoms with Crippen LogP contribution in [-0.4, -0.2) is 55.0 Å². The molecule has 2 aromatic carbocycles. The molecule has 2 aromatic rings. The average Bonchev–Trinajstić information content (AvgIpc) is 2.64. The fourth-order valence-corrected chi connectivity index (χ4v) is 3.12. The standard InChI is InChI=1S/C20H26N4O/c21-19-8-4-7-18(15-19)20(25)22-9-10-23-11-13-24(14-12-23)16-17-5-2-1-3-6-17/h1-8,15H,9-14,16,21H2,(H,22,25). The van der Waals surface area contributed by atoms with Crippen molar-refractivity contribution in [2.75, 3.05) is 45.0 Å². The Bertz CT molecular complexity index is 681. The molecule has 25 heavy (non-hydrogen) atoms. The van der Waals surface area contributed by atoms with Gasteiger partial charge < -0.3 is 11.1 Å². The van der Waals surface area contributed by atoms with Gasteiger partial charge in [-0.1, -0.05) is 36.4 Å². The van der Waals surface area contributed by atoms with E-state index in [1.165, 1.54) is 5.56 Å². The van der Waals surface area contributed by atoms with E-state index < -0.39 is 0 Å². The van der Waals surface area contributed by atoms with Crippen LogP contribution in [0, 0.1) is 0 Å². The van der Waals surface area contributed by atoms with Crippen molar-refractivity contribution in [2.24, 2.45) is 0 Å². The van der Waals surface area contributed by atoms with Crippen LogP contribution >= 0.6 is 0 Å². The third-order valence-corrected chi connectivity index (χ3v) is 4.58. The van der Waals surface area contributed by atoms with Crippen molar-refractivity contribution in [1.82, 2.24) is 15.1 Å². The molecule has 1 aliphatic rings. The van der Waals surface area contributed by atoms with Crippen LogP contribution in [0.3, 0.4) is 0 Å². The van der Waals surface area contributed by atoms with Crippen molar-refractivity contribution in [2.45, 2.75) is 6.54 Å². The zero-order valence-electron chi connectivity index (χ0n) is 14.5. The topological polar surface area (TPSA) is 61.6 Å². The molecule has 5 heteroatoms. The number of carbonyl (C=O) groups excluding carboxylic acids is 1. The van der Waals surface area contributed by atoms with Crippen LogP contribution in [0.15, 0.2) is 54.6 Å². The van der Waals surface area contributed by atoms with Crippen molar-refractivity contribution in [1.29, 1.82) is 0 Å². The average molecular weight is 338 g/mol. The monoisotopic (exact) mass is 338 g/mol. The molecule has 0 atom stereocenters. The van der Waals surface area contributed by atoms with E-state index in [4.69, 9.17) is 5.73 Å². The number of nitrogens with two attached hydrogens (primary N) is 1. The molecule has 1 heterocycles. The van der Waals surface area contributed by atoms with Gasteiger partial charge in [-0.05, 0) is 23.8 Å². The number of rotatable bonds is 6. The normalized spacial score (nSPS) is 15.8. The number of nitrogen functional groups attached to an aromatic ring is 1. The predicted molar refractivity (Wildman–Crippen MR) is 101 cm³/mol. The Hall–Kier alpha value is -2.37. The number of benzene rings is 2. The second-order valence-electron chi connectivity index (χ2n) is 6.48. The second kappa shape index (κ2) is 8.65. The van der Waals surface area contributed by atoms with Gasteiger partial charge in [-0.15, -0.1) is 0 Å². The lowest BCUT2D eigenvalue weighted by Gasteiger charge is -2.34. The SMILES string of the molecule is Nc1cccc(C(=O)NCCN2CCN(Cc3ccccc3)CC2)c1. The van der Waals surface area contributed by atoms with Crippen LogP contribution in [0.1, 0.15) is 15.9 Å². The summed E-state index contributed by atoms with van der Waals surface area (Å²) in [5.41, 5.74) is 8.31. The van der Waals surface area contributed by atoms with Gasteiger partial charge >= 0.3 is 0 Å². The number of amides is 1. The van der Waals surface area contributed by atoms with Gasteiger partial charge in [0.15, 0.2) is 0 Å². The maximum Gasteiger partial charge on any atom is 0.251 e. The number of hydrogen-bond acceptors (Lipinski definition) is 4. The van der Waals surface area contributed by atoms with E-state index in [1.54, 1.807) is 24.3 Å². The number of anilines is 1. The Morgan fingerprint density at radius 2 is 1.68 bits per heavy atom. The molecular weight excluding hydrogens is 312 g/mol. The predicted octanol–water partition coefficient (Wildman–Crippen LogP) is 1.82. The Kier molecular flexibility index (Phi) is 6.04. The minimum atomic E-state index is -0.0602. The first-order valence-corrected chi connectivity index (χ1v) is 8.83. The number of piperazine rings is 1. The summed E-state index contributed by atoms with van der Waals surface area (Å²) in [5.74, 6) is -0.0602. The highest BCUT2D eigenvalue weighted by molar-refractivity contribution is 5.94. The van der Waals surface area contributed by atoms with E-state index in [0.29, 0.717) is 17.8 Å². The molecule has 3 N–H and O–H groups in total. The summed E-state index contributed by atoms with van der Waals surface area (Å²) < 4.78 is 0. The van der Waals surface area contributed by atoms with Gasteiger partial charge in [-0.2, -0.15) is 0 Å². The minimum Gasteiger partial charge on any atom is -0.399 e. The fourth-order valence-electron chi connectivity index (χ4n) is 3.12. The van der Waals surface area contributed by atoms with Crippen LogP contribution in [0.2, 0.25) is 0 Å². The van der Waals surface area contributed by atoms with Crippen molar-refractivity contribution in [3.8, 4) is 0 Å². The molecule has 0 unspecified atom stereocenters. The van der Waals surface area contributed by atoms with Gasteiger partial charge in [0.05, 0.1) is 0 Å². The fraction of sp³-hybridized carbons (Fsp3) is 0.350. The molecular formula is C20H26N4O. The third kappa shape index (κ3) is 5.31. The quantitative estimate of drug-likeness (QED) is 0.789. The van der Waals surface area contributed by atoms with Gasteiger partial charge in [0.1, 0.15) is 0 Å². The molecule has 0 radical (unpaired) electrons. The Balaban J connectivity index is 1.36. The molecule has 0 saturated carbocycles. The number of nitrogens with zero attached hydrogens (tertiary/aromatic N) is 2. The summed E-state index contributed by atoms with van der Waals surface area (Å²) in [6, 6.07) is 17.7. The summed E-state index contributed by atoms with van der Waals surface area (Å²) in [5, 5.41) is 2.97. The lowest BCUT2D eigenvalue weighted by Crippen LogP contribution is -2.48. The number of nitrogens with one attached hydrogen (secondary N) is 1. The van der Waals surface area contributed by atoms with Crippen LogP contribution in [-0.2, 0) is 6.54 Å². The van der Waals surface area contributed by atoms with Crippen LogP contribution < -0.4 is 11.1 Å². The molecule has 0 aromatic heterocycles. The lowest BCUT2D eigenvalue weighted by molar-refractivity contribution is 0.0934. The largest absolute Gasteiger partial charge is 0.399 e. The van der Waals surface area contributed by atoms with Crippen molar-refractivity contribution in [3.63, 3.8) is 0 Å². The molecule has 3 rings (SSSR count). The molecule has 1 fully saturated rings. The summed E-state index contributed by atoms with van der Waals surface area (Å²) in [6.45, 7) is 6.78. The summed E-state index contributed by atoms with van der Waals surface area (Å²) >= 11 is 0. The van der Waals surface area contributed by atoms with E-state index in [0.717, 1.165) is 39.3 Å². The lowest BCUT2D eigenvalue weighted by atomic mass is 10.2. The van der Waals surface area contributed by atoms with Gasteiger partial charge in [0.2, 0.25) is 0 Å². The highest BCUT2D eigenvalue weighted by Crippen LogP contribution is 2.08.